The summed E-state index contributed by atoms with van der Waals surface area (Å²) in [6.07, 6.45) is 0.544. The number of aliphatic hydroxyl groups excluding tert-OH is 1. The zero-order valence-corrected chi connectivity index (χ0v) is 17.5. The van der Waals surface area contributed by atoms with Crippen molar-refractivity contribution in [3.63, 3.8) is 0 Å². The van der Waals surface area contributed by atoms with Gasteiger partial charge in [0.25, 0.3) is 5.91 Å². The number of carbonyl (C=O) groups excluding carboxylic acids is 1. The molecule has 0 aliphatic carbocycles. The number of rotatable bonds is 8. The Labute approximate surface area is 174 Å². The highest BCUT2D eigenvalue weighted by atomic mass is 32.1. The molecule has 29 heavy (non-hydrogen) atoms. The van der Waals surface area contributed by atoms with Crippen LogP contribution in [-0.2, 0) is 4.74 Å². The van der Waals surface area contributed by atoms with E-state index in [1.54, 1.807) is 6.20 Å². The molecule has 2 heterocycles. The first-order chi connectivity index (χ1) is 13.8. The minimum Gasteiger partial charge on any atom is -0.356 e. The molecule has 2 aromatic heterocycles. The molecule has 0 aliphatic heterocycles. The van der Waals surface area contributed by atoms with Crippen molar-refractivity contribution >= 4 is 17.2 Å². The van der Waals surface area contributed by atoms with Gasteiger partial charge in [-0.25, -0.2) is 0 Å². The smallest absolute Gasteiger partial charge is 0.252 e. The molecule has 2 atom stereocenters. The summed E-state index contributed by atoms with van der Waals surface area (Å²) in [7, 11) is 0. The largest absolute Gasteiger partial charge is 0.356 e. The number of benzene rings is 1. The van der Waals surface area contributed by atoms with E-state index in [4.69, 9.17) is 4.74 Å². The monoisotopic (exact) mass is 414 g/mol. The molecule has 0 saturated carbocycles. The van der Waals surface area contributed by atoms with E-state index in [-0.39, 0.29) is 11.9 Å². The van der Waals surface area contributed by atoms with Crippen LogP contribution in [0.5, 0.6) is 0 Å². The standard InChI is InChI=1S/C21H26N4O3S/c1-21(2,3)28-20(27)22-12-17(14-7-5-4-6-8-14)24-19(26)15-11-18(29-13-15)16-9-10-23-25-16/h4-11,13,17,20,22,27H,12H2,1-3H3,(H,23,25)(H,24,26). The van der Waals surface area contributed by atoms with Crippen LogP contribution in [0.15, 0.2) is 54.0 Å². The van der Waals surface area contributed by atoms with Gasteiger partial charge in [-0.3, -0.25) is 15.2 Å². The van der Waals surface area contributed by atoms with Gasteiger partial charge in [0.2, 0.25) is 6.41 Å². The summed E-state index contributed by atoms with van der Waals surface area (Å²) in [5.74, 6) is -0.186. The lowest BCUT2D eigenvalue weighted by atomic mass is 10.1. The quantitative estimate of drug-likeness (QED) is 0.424. The van der Waals surface area contributed by atoms with Crippen molar-refractivity contribution in [2.75, 3.05) is 6.54 Å². The summed E-state index contributed by atoms with van der Waals surface area (Å²) in [4.78, 5) is 13.8. The summed E-state index contributed by atoms with van der Waals surface area (Å²) in [6, 6.07) is 13.0. The highest BCUT2D eigenvalue weighted by Crippen LogP contribution is 2.25. The van der Waals surface area contributed by atoms with Crippen molar-refractivity contribution in [2.45, 2.75) is 38.8 Å². The topological polar surface area (TPSA) is 99.3 Å². The molecule has 7 nitrogen and oxygen atoms in total. The summed E-state index contributed by atoms with van der Waals surface area (Å²) >= 11 is 1.48. The molecule has 0 aliphatic rings. The van der Waals surface area contributed by atoms with E-state index in [0.717, 1.165) is 16.1 Å². The van der Waals surface area contributed by atoms with E-state index in [0.29, 0.717) is 12.1 Å². The Morgan fingerprint density at radius 2 is 2.03 bits per heavy atom. The number of amides is 1. The van der Waals surface area contributed by atoms with E-state index in [1.807, 2.05) is 68.6 Å². The van der Waals surface area contributed by atoms with Gasteiger partial charge in [-0.2, -0.15) is 5.10 Å². The SMILES string of the molecule is CC(C)(C)OC(O)NCC(NC(=O)c1csc(-c2ccn[nH]2)c1)c1ccccc1. The molecule has 0 saturated heterocycles. The van der Waals surface area contributed by atoms with Crippen LogP contribution in [-0.4, -0.2) is 39.8 Å². The van der Waals surface area contributed by atoms with Crippen molar-refractivity contribution in [3.05, 3.63) is 65.2 Å². The molecule has 2 unspecified atom stereocenters. The van der Waals surface area contributed by atoms with Crippen LogP contribution < -0.4 is 10.6 Å². The molecule has 1 amide bonds. The summed E-state index contributed by atoms with van der Waals surface area (Å²) in [5.41, 5.74) is 1.89. The first-order valence-electron chi connectivity index (χ1n) is 9.35. The van der Waals surface area contributed by atoms with Crippen LogP contribution in [0.4, 0.5) is 0 Å². The Hall–Kier alpha value is -2.52. The van der Waals surface area contributed by atoms with E-state index < -0.39 is 12.0 Å². The van der Waals surface area contributed by atoms with E-state index in [1.165, 1.54) is 11.3 Å². The van der Waals surface area contributed by atoms with Crippen LogP contribution in [0.2, 0.25) is 0 Å². The average molecular weight is 415 g/mol. The number of nitrogens with one attached hydrogen (secondary N) is 3. The number of aliphatic hydroxyl groups is 1. The van der Waals surface area contributed by atoms with Crippen LogP contribution in [0.25, 0.3) is 10.6 Å². The van der Waals surface area contributed by atoms with Gasteiger partial charge in [0.05, 0.1) is 27.8 Å². The summed E-state index contributed by atoms with van der Waals surface area (Å²) in [5, 5.41) is 24.7. The van der Waals surface area contributed by atoms with Crippen molar-refractivity contribution in [2.24, 2.45) is 0 Å². The Kier molecular flexibility index (Phi) is 6.81. The summed E-state index contributed by atoms with van der Waals surface area (Å²) < 4.78 is 5.48. The number of aromatic amines is 1. The zero-order chi connectivity index (χ0) is 20.9. The maximum atomic E-state index is 12.8. The Morgan fingerprint density at radius 3 is 2.69 bits per heavy atom. The minimum atomic E-state index is -1.13. The second-order valence-corrected chi connectivity index (χ2v) is 8.51. The second-order valence-electron chi connectivity index (χ2n) is 7.60. The van der Waals surface area contributed by atoms with Gasteiger partial charge in [0, 0.05) is 18.1 Å². The second kappa shape index (κ2) is 9.32. The van der Waals surface area contributed by atoms with Crippen molar-refractivity contribution < 1.29 is 14.6 Å². The normalized spacial score (nSPS) is 13.8. The average Bonchev–Trinajstić information content (AvgIpc) is 3.35. The van der Waals surface area contributed by atoms with E-state index >= 15 is 0 Å². The van der Waals surface area contributed by atoms with Crippen molar-refractivity contribution in [1.82, 2.24) is 20.8 Å². The molecule has 3 aromatic rings. The van der Waals surface area contributed by atoms with Crippen LogP contribution >= 0.6 is 11.3 Å². The lowest BCUT2D eigenvalue weighted by Crippen LogP contribution is -2.43. The third kappa shape index (κ3) is 6.23. The van der Waals surface area contributed by atoms with E-state index in [9.17, 15) is 9.90 Å². The van der Waals surface area contributed by atoms with Crippen molar-refractivity contribution in [1.29, 1.82) is 0 Å². The fourth-order valence-electron chi connectivity index (χ4n) is 2.76. The lowest BCUT2D eigenvalue weighted by molar-refractivity contribution is -0.181. The predicted octanol–water partition coefficient (Wildman–Crippen LogP) is 3.29. The van der Waals surface area contributed by atoms with Gasteiger partial charge >= 0.3 is 0 Å². The molecule has 4 N–H and O–H groups in total. The molecule has 1 aromatic carbocycles. The van der Waals surface area contributed by atoms with Gasteiger partial charge in [-0.05, 0) is 38.5 Å². The van der Waals surface area contributed by atoms with Crippen LogP contribution in [0.3, 0.4) is 0 Å². The number of carbonyl (C=O) groups is 1. The van der Waals surface area contributed by atoms with Gasteiger partial charge in [-0.1, -0.05) is 30.3 Å². The predicted molar refractivity (Wildman–Crippen MR) is 113 cm³/mol. The van der Waals surface area contributed by atoms with E-state index in [2.05, 4.69) is 20.8 Å². The third-order valence-electron chi connectivity index (χ3n) is 4.10. The maximum absolute atomic E-state index is 12.8. The van der Waals surface area contributed by atoms with Gasteiger partial charge < -0.3 is 15.2 Å². The zero-order valence-electron chi connectivity index (χ0n) is 16.7. The molecule has 154 valence electrons. The Bertz CT molecular complexity index is 904. The Balaban J connectivity index is 1.69. The molecular weight excluding hydrogens is 388 g/mol. The van der Waals surface area contributed by atoms with Gasteiger partial charge in [0.15, 0.2) is 0 Å². The molecule has 3 rings (SSSR count). The van der Waals surface area contributed by atoms with Crippen molar-refractivity contribution in [3.8, 4) is 10.6 Å². The number of ether oxygens (including phenoxy) is 1. The minimum absolute atomic E-state index is 0.186. The molecule has 0 bridgehead atoms. The fourth-order valence-corrected chi connectivity index (χ4v) is 3.63. The molecule has 0 fully saturated rings. The maximum Gasteiger partial charge on any atom is 0.252 e. The third-order valence-corrected chi connectivity index (χ3v) is 5.06. The summed E-state index contributed by atoms with van der Waals surface area (Å²) in [6.45, 7) is 5.90. The number of hydrogen-bond donors (Lipinski definition) is 4. The van der Waals surface area contributed by atoms with Crippen LogP contribution in [0.1, 0.15) is 42.7 Å². The van der Waals surface area contributed by atoms with Gasteiger partial charge in [-0.15, -0.1) is 11.3 Å². The molecule has 0 radical (unpaired) electrons. The van der Waals surface area contributed by atoms with Gasteiger partial charge in [0.1, 0.15) is 0 Å². The Morgan fingerprint density at radius 1 is 1.28 bits per heavy atom. The highest BCUT2D eigenvalue weighted by molar-refractivity contribution is 7.13. The molecule has 0 spiro atoms. The number of aromatic nitrogens is 2. The number of thiophene rings is 1. The van der Waals surface area contributed by atoms with Crippen LogP contribution in [0, 0.1) is 0 Å². The highest BCUT2D eigenvalue weighted by Gasteiger charge is 2.21. The first kappa shape index (κ1) is 21.2. The number of H-pyrrole nitrogens is 1. The number of nitrogens with zero attached hydrogens (tertiary/aromatic N) is 1. The number of hydrogen-bond acceptors (Lipinski definition) is 6. The fraction of sp³-hybridized carbons (Fsp3) is 0.333. The molecule has 8 heteroatoms. The lowest BCUT2D eigenvalue weighted by Gasteiger charge is -2.26. The first-order valence-corrected chi connectivity index (χ1v) is 10.2. The molecular formula is C21H26N4O3S.